The van der Waals surface area contributed by atoms with Crippen LogP contribution < -0.4 is 4.90 Å². The van der Waals surface area contributed by atoms with Gasteiger partial charge in [0.25, 0.3) is 0 Å². The van der Waals surface area contributed by atoms with Crippen molar-refractivity contribution < 1.29 is 4.74 Å². The molecule has 0 fully saturated rings. The van der Waals surface area contributed by atoms with E-state index in [1.165, 1.54) is 66.7 Å². The van der Waals surface area contributed by atoms with Crippen molar-refractivity contribution in [2.24, 2.45) is 10.9 Å². The van der Waals surface area contributed by atoms with Crippen molar-refractivity contribution in [2.75, 3.05) is 11.5 Å². The second-order valence-electron chi connectivity index (χ2n) is 19.7. The van der Waals surface area contributed by atoms with E-state index in [0.717, 1.165) is 59.7 Å². The third-order valence-corrected chi connectivity index (χ3v) is 13.8. The molecular formula is C56H62N4O. The van der Waals surface area contributed by atoms with Gasteiger partial charge in [-0.15, -0.1) is 0 Å². The summed E-state index contributed by atoms with van der Waals surface area (Å²) >= 11 is 0. The van der Waals surface area contributed by atoms with Gasteiger partial charge in [0.05, 0.1) is 27.9 Å². The summed E-state index contributed by atoms with van der Waals surface area (Å²) in [5.41, 5.74) is 16.2. The van der Waals surface area contributed by atoms with E-state index in [0.29, 0.717) is 12.5 Å². The molecule has 0 amide bonds. The molecule has 2 aliphatic heterocycles. The van der Waals surface area contributed by atoms with Crippen LogP contribution in [-0.2, 0) is 15.6 Å². The minimum absolute atomic E-state index is 0.0212. The monoisotopic (exact) mass is 806 g/mol. The van der Waals surface area contributed by atoms with Gasteiger partial charge in [-0.1, -0.05) is 109 Å². The predicted octanol–water partition coefficient (Wildman–Crippen LogP) is 14.9. The average Bonchev–Trinajstić information content (AvgIpc) is 3.78. The lowest BCUT2D eigenvalue weighted by Gasteiger charge is -2.42. The Hall–Kier alpha value is -5.68. The molecule has 4 heterocycles. The van der Waals surface area contributed by atoms with E-state index in [1.807, 2.05) is 6.20 Å². The number of aliphatic imine (C=N–C) groups is 1. The minimum Gasteiger partial charge on any atom is -0.475 e. The van der Waals surface area contributed by atoms with E-state index in [4.69, 9.17) is 14.7 Å². The van der Waals surface area contributed by atoms with Gasteiger partial charge in [0.2, 0.25) is 5.90 Å². The van der Waals surface area contributed by atoms with Gasteiger partial charge in [0.15, 0.2) is 0 Å². The number of benzene rings is 5. The molecule has 2 aliphatic rings. The van der Waals surface area contributed by atoms with Crippen molar-refractivity contribution in [3.63, 3.8) is 0 Å². The summed E-state index contributed by atoms with van der Waals surface area (Å²) < 4.78 is 9.10. The lowest BCUT2D eigenvalue weighted by Crippen LogP contribution is -2.34. The third-order valence-electron chi connectivity index (χ3n) is 13.8. The average molecular weight is 807 g/mol. The summed E-state index contributed by atoms with van der Waals surface area (Å²) in [7, 11) is 0. The number of pyridine rings is 1. The van der Waals surface area contributed by atoms with Crippen LogP contribution >= 0.6 is 0 Å². The number of nitrogens with zero attached hydrogens (tertiary/aromatic N) is 4. The fourth-order valence-electron chi connectivity index (χ4n) is 10.5. The van der Waals surface area contributed by atoms with Crippen LogP contribution in [0.5, 0.6) is 0 Å². The highest BCUT2D eigenvalue weighted by Crippen LogP contribution is 2.54. The number of fused-ring (bicyclic) bond motifs is 5. The molecule has 5 heteroatoms. The van der Waals surface area contributed by atoms with Gasteiger partial charge in [-0.2, -0.15) is 0 Å². The van der Waals surface area contributed by atoms with E-state index in [-0.39, 0.29) is 16.4 Å². The first kappa shape index (κ1) is 40.7. The molecule has 0 radical (unpaired) electrons. The summed E-state index contributed by atoms with van der Waals surface area (Å²) in [5.74, 6) is 2.15. The summed E-state index contributed by atoms with van der Waals surface area (Å²) in [6.45, 7) is 25.7. The maximum absolute atomic E-state index is 6.71. The number of ether oxygens (including phenoxy) is 1. The van der Waals surface area contributed by atoms with Crippen LogP contribution in [-0.4, -0.2) is 27.6 Å². The molecule has 0 unspecified atom stereocenters. The Kier molecular flexibility index (Phi) is 10.0. The largest absolute Gasteiger partial charge is 0.475 e. The lowest BCUT2D eigenvalue weighted by molar-refractivity contribution is 0.188. The van der Waals surface area contributed by atoms with Gasteiger partial charge in [-0.25, -0.2) is 9.98 Å². The zero-order valence-corrected chi connectivity index (χ0v) is 38.2. The maximum Gasteiger partial charge on any atom is 0.216 e. The van der Waals surface area contributed by atoms with Crippen LogP contribution in [0.3, 0.4) is 0 Å². The quantitative estimate of drug-likeness (QED) is 0.146. The molecule has 2 aromatic heterocycles. The van der Waals surface area contributed by atoms with Crippen LogP contribution in [0.4, 0.5) is 17.1 Å². The van der Waals surface area contributed by atoms with E-state index in [2.05, 4.69) is 189 Å². The van der Waals surface area contributed by atoms with E-state index >= 15 is 0 Å². The topological polar surface area (TPSA) is 42.6 Å². The third kappa shape index (κ3) is 6.85. The Morgan fingerprint density at radius 3 is 2.13 bits per heavy atom. The summed E-state index contributed by atoms with van der Waals surface area (Å²) in [6.07, 6.45) is 6.56. The Bertz CT molecular complexity index is 2840. The molecule has 7 aromatic rings. The first-order valence-electron chi connectivity index (χ1n) is 22.5. The van der Waals surface area contributed by atoms with Gasteiger partial charge in [0.1, 0.15) is 12.4 Å². The van der Waals surface area contributed by atoms with Gasteiger partial charge < -0.3 is 9.64 Å². The fourth-order valence-corrected chi connectivity index (χ4v) is 10.5. The van der Waals surface area contributed by atoms with Gasteiger partial charge >= 0.3 is 0 Å². The predicted molar refractivity (Wildman–Crippen MR) is 258 cm³/mol. The zero-order chi connectivity index (χ0) is 43.0. The normalized spacial score (nSPS) is 17.2. The second-order valence-corrected chi connectivity index (χ2v) is 19.7. The van der Waals surface area contributed by atoms with E-state index in [1.54, 1.807) is 0 Å². The fraction of sp³-hybridized carbons (Fsp3) is 0.357. The van der Waals surface area contributed by atoms with E-state index < -0.39 is 0 Å². The van der Waals surface area contributed by atoms with Crippen LogP contribution in [0.15, 0.2) is 114 Å². The number of anilines is 3. The molecule has 1 atom stereocenters. The summed E-state index contributed by atoms with van der Waals surface area (Å²) in [6, 6.07) is 38.8. The molecule has 5 nitrogen and oxygen atoms in total. The Morgan fingerprint density at radius 1 is 0.705 bits per heavy atom. The Balaban J connectivity index is 1.34. The summed E-state index contributed by atoms with van der Waals surface area (Å²) in [4.78, 5) is 13.1. The van der Waals surface area contributed by atoms with Gasteiger partial charge in [-0.05, 0) is 151 Å². The Labute approximate surface area is 363 Å². The first-order chi connectivity index (χ1) is 29.1. The number of rotatable bonds is 9. The number of aromatic nitrogens is 2. The lowest BCUT2D eigenvalue weighted by atomic mass is 9.73. The molecule has 0 aliphatic carbocycles. The molecule has 0 bridgehead atoms. The first-order valence-corrected chi connectivity index (χ1v) is 22.5. The SMILES string of the molecule is CCCC(CCC)[C@]1(C)COC(c2cc(-c3c(C)cccc3C)cc(N3c4ccccc4C(C)(C)c4cc5c6cc(C)ccc6n(-c6cc(C(C)(C)C)ccn6)c5cc43)c2)=N1. The molecule has 312 valence electrons. The molecule has 61 heavy (non-hydrogen) atoms. The van der Waals surface area contributed by atoms with Crippen molar-refractivity contribution in [1.82, 2.24) is 9.55 Å². The van der Waals surface area contributed by atoms with Crippen molar-refractivity contribution >= 4 is 44.8 Å². The number of para-hydroxylation sites is 1. The Morgan fingerprint density at radius 2 is 1.41 bits per heavy atom. The van der Waals surface area contributed by atoms with Gasteiger partial charge in [-0.3, -0.25) is 4.57 Å². The highest BCUT2D eigenvalue weighted by molar-refractivity contribution is 6.12. The van der Waals surface area contributed by atoms with Crippen LogP contribution in [0.25, 0.3) is 38.8 Å². The van der Waals surface area contributed by atoms with Crippen molar-refractivity contribution in [3.05, 3.63) is 148 Å². The smallest absolute Gasteiger partial charge is 0.216 e. The molecule has 0 N–H and O–H groups in total. The van der Waals surface area contributed by atoms with Crippen LogP contribution in [0.1, 0.15) is 120 Å². The summed E-state index contributed by atoms with van der Waals surface area (Å²) in [5, 5.41) is 2.48. The van der Waals surface area contributed by atoms with Crippen molar-refractivity contribution in [2.45, 2.75) is 118 Å². The highest BCUT2D eigenvalue weighted by atomic mass is 16.5. The highest BCUT2D eigenvalue weighted by Gasteiger charge is 2.41. The number of hydrogen-bond acceptors (Lipinski definition) is 4. The molecular weight excluding hydrogens is 745 g/mol. The van der Waals surface area contributed by atoms with Crippen LogP contribution in [0.2, 0.25) is 0 Å². The standard InChI is InChI=1S/C56H62N4O/c1-12-17-40(18-13-2)56(11)34-61-53(58-56)39-28-38(52-36(4)19-16-20-37(52)5)29-42(30-39)59-48-22-15-14-21-45(48)55(9,10)46-32-44-43-27-35(3)23-24-47(43)60(49(44)33-50(46)59)51-31-41(25-26-57-51)54(6,7)8/h14-16,19-33,40H,12-13,17-18,34H2,1-11H3/t56-/m0/s1. The number of aryl methyl sites for hydroxylation is 3. The molecule has 0 saturated heterocycles. The van der Waals surface area contributed by atoms with Crippen molar-refractivity contribution in [3.8, 4) is 16.9 Å². The van der Waals surface area contributed by atoms with Crippen LogP contribution in [0, 0.1) is 26.7 Å². The van der Waals surface area contributed by atoms with Crippen molar-refractivity contribution in [1.29, 1.82) is 0 Å². The number of hydrogen-bond donors (Lipinski definition) is 0. The molecule has 5 aromatic carbocycles. The zero-order valence-electron chi connectivity index (χ0n) is 38.2. The maximum atomic E-state index is 6.71. The second kappa shape index (κ2) is 15.0. The minimum atomic E-state index is -0.277. The molecule has 9 rings (SSSR count). The van der Waals surface area contributed by atoms with E-state index in [9.17, 15) is 0 Å². The molecule has 0 spiro atoms. The molecule has 0 saturated carbocycles. The van der Waals surface area contributed by atoms with Gasteiger partial charge in [0, 0.05) is 33.6 Å².